The summed E-state index contributed by atoms with van der Waals surface area (Å²) in [5.74, 6) is -0.0712. The highest BCUT2D eigenvalue weighted by Gasteiger charge is 2.15. The standard InChI is InChI=1S/C21H22N2O2S/c1-2-25-14-13-19(24)23-21-22-18(15-16-9-5-3-6-10-16)20(26-21)17-11-7-4-8-12-17/h3-12H,2,13-15H2,1H3,(H,22,23,24). The van der Waals surface area contributed by atoms with Gasteiger partial charge in [0.1, 0.15) is 0 Å². The first-order chi connectivity index (χ1) is 12.8. The number of carbonyl (C=O) groups is 1. The third-order valence-corrected chi connectivity index (χ3v) is 4.93. The molecular formula is C21H22N2O2S. The Balaban J connectivity index is 1.82. The van der Waals surface area contributed by atoms with E-state index in [9.17, 15) is 4.79 Å². The molecule has 0 aliphatic heterocycles. The molecule has 0 aliphatic rings. The molecule has 0 atom stereocenters. The Labute approximate surface area is 157 Å². The van der Waals surface area contributed by atoms with E-state index in [-0.39, 0.29) is 5.91 Å². The third kappa shape index (κ3) is 5.00. The van der Waals surface area contributed by atoms with Crippen molar-refractivity contribution in [3.05, 3.63) is 71.9 Å². The van der Waals surface area contributed by atoms with Gasteiger partial charge in [0.2, 0.25) is 5.91 Å². The lowest BCUT2D eigenvalue weighted by atomic mass is 10.1. The van der Waals surface area contributed by atoms with Gasteiger partial charge in [-0.3, -0.25) is 4.79 Å². The molecule has 26 heavy (non-hydrogen) atoms. The topological polar surface area (TPSA) is 51.2 Å². The lowest BCUT2D eigenvalue weighted by Crippen LogP contribution is -2.14. The van der Waals surface area contributed by atoms with Crippen LogP contribution in [0.3, 0.4) is 0 Å². The van der Waals surface area contributed by atoms with Gasteiger partial charge in [0.25, 0.3) is 0 Å². The number of rotatable bonds is 8. The summed E-state index contributed by atoms with van der Waals surface area (Å²) in [5.41, 5.74) is 3.29. The van der Waals surface area contributed by atoms with Gasteiger partial charge >= 0.3 is 0 Å². The van der Waals surface area contributed by atoms with E-state index in [2.05, 4.69) is 29.6 Å². The van der Waals surface area contributed by atoms with Crippen LogP contribution >= 0.6 is 11.3 Å². The number of nitrogens with one attached hydrogen (secondary N) is 1. The maximum atomic E-state index is 12.1. The van der Waals surface area contributed by atoms with E-state index in [4.69, 9.17) is 9.72 Å². The Kier molecular flexibility index (Phi) is 6.52. The van der Waals surface area contributed by atoms with Crippen molar-refractivity contribution >= 4 is 22.4 Å². The van der Waals surface area contributed by atoms with Gasteiger partial charge in [-0.2, -0.15) is 0 Å². The number of aromatic nitrogens is 1. The fraction of sp³-hybridized carbons (Fsp3) is 0.238. The quantitative estimate of drug-likeness (QED) is 0.585. The van der Waals surface area contributed by atoms with E-state index in [0.717, 1.165) is 22.6 Å². The van der Waals surface area contributed by atoms with Gasteiger partial charge < -0.3 is 10.1 Å². The van der Waals surface area contributed by atoms with Crippen LogP contribution in [-0.4, -0.2) is 24.1 Å². The van der Waals surface area contributed by atoms with E-state index in [0.29, 0.717) is 24.8 Å². The third-order valence-electron chi connectivity index (χ3n) is 3.87. The van der Waals surface area contributed by atoms with Crippen LogP contribution in [0.5, 0.6) is 0 Å². The molecule has 0 radical (unpaired) electrons. The number of hydrogen-bond donors (Lipinski definition) is 1. The molecule has 2 aromatic carbocycles. The van der Waals surface area contributed by atoms with Crippen molar-refractivity contribution in [1.82, 2.24) is 4.98 Å². The number of thiazole rings is 1. The first-order valence-electron chi connectivity index (χ1n) is 8.73. The summed E-state index contributed by atoms with van der Waals surface area (Å²) < 4.78 is 5.24. The maximum absolute atomic E-state index is 12.1. The van der Waals surface area contributed by atoms with E-state index < -0.39 is 0 Å². The van der Waals surface area contributed by atoms with Crippen molar-refractivity contribution in [1.29, 1.82) is 0 Å². The fourth-order valence-corrected chi connectivity index (χ4v) is 3.62. The van der Waals surface area contributed by atoms with Crippen LogP contribution in [0.15, 0.2) is 60.7 Å². The molecule has 3 rings (SSSR count). The first kappa shape index (κ1) is 18.3. The smallest absolute Gasteiger partial charge is 0.228 e. The molecule has 0 unspecified atom stereocenters. The molecule has 134 valence electrons. The van der Waals surface area contributed by atoms with E-state index in [1.54, 1.807) is 0 Å². The SMILES string of the molecule is CCOCCC(=O)Nc1nc(Cc2ccccc2)c(-c2ccccc2)s1. The highest BCUT2D eigenvalue weighted by Crippen LogP contribution is 2.34. The second-order valence-corrected chi connectivity index (χ2v) is 6.82. The van der Waals surface area contributed by atoms with Crippen LogP contribution in [-0.2, 0) is 16.0 Å². The van der Waals surface area contributed by atoms with Crippen molar-refractivity contribution in [2.24, 2.45) is 0 Å². The van der Waals surface area contributed by atoms with Gasteiger partial charge in [0.15, 0.2) is 5.13 Å². The number of anilines is 1. The van der Waals surface area contributed by atoms with Crippen LogP contribution in [0.2, 0.25) is 0 Å². The number of benzene rings is 2. The highest BCUT2D eigenvalue weighted by atomic mass is 32.1. The Bertz CT molecular complexity index is 832. The zero-order valence-corrected chi connectivity index (χ0v) is 15.6. The normalized spacial score (nSPS) is 10.7. The average Bonchev–Trinajstić information content (AvgIpc) is 3.05. The lowest BCUT2D eigenvalue weighted by molar-refractivity contribution is -0.117. The molecular weight excluding hydrogens is 344 g/mol. The molecule has 0 saturated carbocycles. The molecule has 1 N–H and O–H groups in total. The summed E-state index contributed by atoms with van der Waals surface area (Å²) in [6.45, 7) is 2.96. The summed E-state index contributed by atoms with van der Waals surface area (Å²) in [6, 6.07) is 20.4. The van der Waals surface area contributed by atoms with Crippen LogP contribution < -0.4 is 5.32 Å². The van der Waals surface area contributed by atoms with Gasteiger partial charge in [-0.05, 0) is 18.1 Å². The molecule has 1 aromatic heterocycles. The largest absolute Gasteiger partial charge is 0.381 e. The van der Waals surface area contributed by atoms with Gasteiger partial charge in [0, 0.05) is 13.0 Å². The number of carbonyl (C=O) groups excluding carboxylic acids is 1. The fourth-order valence-electron chi connectivity index (χ4n) is 2.62. The Morgan fingerprint density at radius 2 is 1.77 bits per heavy atom. The zero-order chi connectivity index (χ0) is 18.2. The van der Waals surface area contributed by atoms with Crippen molar-refractivity contribution in [3.8, 4) is 10.4 Å². The summed E-state index contributed by atoms with van der Waals surface area (Å²) in [7, 11) is 0. The van der Waals surface area contributed by atoms with Crippen LogP contribution in [0.1, 0.15) is 24.6 Å². The average molecular weight is 366 g/mol. The minimum atomic E-state index is -0.0712. The lowest BCUT2D eigenvalue weighted by Gasteiger charge is -2.02. The van der Waals surface area contributed by atoms with Crippen molar-refractivity contribution in [3.63, 3.8) is 0 Å². The Morgan fingerprint density at radius 3 is 2.46 bits per heavy atom. The molecule has 0 aliphatic carbocycles. The number of amides is 1. The first-order valence-corrected chi connectivity index (χ1v) is 9.54. The van der Waals surface area contributed by atoms with Crippen LogP contribution in [0.4, 0.5) is 5.13 Å². The molecule has 0 spiro atoms. The zero-order valence-electron chi connectivity index (χ0n) is 14.8. The van der Waals surface area contributed by atoms with Crippen molar-refractivity contribution < 1.29 is 9.53 Å². The number of nitrogens with zero attached hydrogens (tertiary/aromatic N) is 1. The molecule has 0 saturated heterocycles. The summed E-state index contributed by atoms with van der Waals surface area (Å²) in [5, 5.41) is 3.54. The molecule has 0 fully saturated rings. The number of ether oxygens (including phenoxy) is 1. The van der Waals surface area contributed by atoms with Gasteiger partial charge in [0.05, 0.1) is 23.6 Å². The summed E-state index contributed by atoms with van der Waals surface area (Å²) >= 11 is 1.52. The van der Waals surface area contributed by atoms with E-state index >= 15 is 0 Å². The van der Waals surface area contributed by atoms with E-state index in [1.165, 1.54) is 16.9 Å². The van der Waals surface area contributed by atoms with Crippen molar-refractivity contribution in [2.45, 2.75) is 19.8 Å². The van der Waals surface area contributed by atoms with E-state index in [1.807, 2.05) is 43.3 Å². The Morgan fingerprint density at radius 1 is 1.08 bits per heavy atom. The molecule has 1 amide bonds. The minimum absolute atomic E-state index is 0.0712. The van der Waals surface area contributed by atoms with Crippen LogP contribution in [0.25, 0.3) is 10.4 Å². The molecule has 4 nitrogen and oxygen atoms in total. The Hall–Kier alpha value is -2.50. The molecule has 0 bridgehead atoms. The minimum Gasteiger partial charge on any atom is -0.381 e. The predicted molar refractivity (Wildman–Crippen MR) is 107 cm³/mol. The predicted octanol–water partition coefficient (Wildman–Crippen LogP) is 4.77. The monoisotopic (exact) mass is 366 g/mol. The highest BCUT2D eigenvalue weighted by molar-refractivity contribution is 7.19. The van der Waals surface area contributed by atoms with Gasteiger partial charge in [-0.15, -0.1) is 0 Å². The van der Waals surface area contributed by atoms with Crippen molar-refractivity contribution in [2.75, 3.05) is 18.5 Å². The molecule has 1 heterocycles. The molecule has 5 heteroatoms. The van der Waals surface area contributed by atoms with Gasteiger partial charge in [-0.1, -0.05) is 72.0 Å². The summed E-state index contributed by atoms with van der Waals surface area (Å²) in [4.78, 5) is 17.9. The summed E-state index contributed by atoms with van der Waals surface area (Å²) in [6.07, 6.45) is 1.07. The number of hydrogen-bond acceptors (Lipinski definition) is 4. The molecule has 3 aromatic rings. The maximum Gasteiger partial charge on any atom is 0.228 e. The van der Waals surface area contributed by atoms with Crippen LogP contribution in [0, 0.1) is 0 Å². The second-order valence-electron chi connectivity index (χ2n) is 5.82. The second kappa shape index (κ2) is 9.27. The van der Waals surface area contributed by atoms with Gasteiger partial charge in [-0.25, -0.2) is 4.98 Å².